The van der Waals surface area contributed by atoms with Gasteiger partial charge in [0, 0.05) is 50.1 Å². The van der Waals surface area contributed by atoms with Crippen LogP contribution in [0.4, 0.5) is 36.8 Å². The first-order chi connectivity index (χ1) is 18.8. The summed E-state index contributed by atoms with van der Waals surface area (Å²) in [5.74, 6) is 0.645. The molecule has 13 heteroatoms. The van der Waals surface area contributed by atoms with Crippen molar-refractivity contribution in [3.05, 3.63) is 59.7 Å². The number of piperidine rings is 1. The molecule has 2 aliphatic heterocycles. The van der Waals surface area contributed by atoms with Crippen molar-refractivity contribution < 1.29 is 45.7 Å². The highest BCUT2D eigenvalue weighted by molar-refractivity contribution is 5.89. The molecule has 0 atom stereocenters. The number of benzene rings is 2. The molecule has 2 aromatic carbocycles. The fraction of sp³-hybridized carbons (Fsp3) is 0.519. The van der Waals surface area contributed by atoms with Gasteiger partial charge in [-0.15, -0.1) is 0 Å². The van der Waals surface area contributed by atoms with Crippen molar-refractivity contribution >= 4 is 11.7 Å². The minimum atomic E-state index is -5.91. The Morgan fingerprint density at radius 1 is 0.900 bits per heavy atom. The van der Waals surface area contributed by atoms with Gasteiger partial charge < -0.3 is 25.2 Å². The van der Waals surface area contributed by atoms with Crippen molar-refractivity contribution in [1.29, 1.82) is 0 Å². The van der Waals surface area contributed by atoms with E-state index >= 15 is 0 Å². The molecule has 0 unspecified atom stereocenters. The molecule has 2 amide bonds. The number of halogens is 6. The first-order valence-corrected chi connectivity index (χ1v) is 12.9. The molecule has 220 valence electrons. The number of hydrogen-bond donors (Lipinski definition) is 3. The first-order valence-electron chi connectivity index (χ1n) is 12.9. The van der Waals surface area contributed by atoms with Gasteiger partial charge in [-0.1, -0.05) is 24.3 Å². The van der Waals surface area contributed by atoms with Crippen molar-refractivity contribution in [2.24, 2.45) is 0 Å². The van der Waals surface area contributed by atoms with Crippen molar-refractivity contribution in [3.8, 4) is 5.75 Å². The maximum Gasteiger partial charge on any atom is 0.430 e. The lowest BCUT2D eigenvalue weighted by atomic mass is 9.91. The van der Waals surface area contributed by atoms with E-state index < -0.39 is 23.5 Å². The average Bonchev–Trinajstić information content (AvgIpc) is 2.90. The standard InChI is InChI=1S/C27H31F6N3O4/c28-26(29,30)25(38,27(31,32)33)19-3-1-18(2-4-19)17-36-13-9-23(10-14-36)40-22-7-5-20(6-8-22)34-24(37)35-21-11-15-39-16-12-21/h1-8,21,23,38H,9-17H2,(H2,34,35,37). The zero-order chi connectivity index (χ0) is 29.0. The smallest absolute Gasteiger partial charge is 0.430 e. The van der Waals surface area contributed by atoms with Crippen LogP contribution in [-0.2, 0) is 16.9 Å². The summed E-state index contributed by atoms with van der Waals surface area (Å²) >= 11 is 0. The largest absolute Gasteiger partial charge is 0.490 e. The number of carbonyl (C=O) groups excluding carboxylic acids is 1. The van der Waals surface area contributed by atoms with Crippen LogP contribution in [0.15, 0.2) is 48.5 Å². The van der Waals surface area contributed by atoms with E-state index in [2.05, 4.69) is 10.6 Å². The lowest BCUT2D eigenvalue weighted by Gasteiger charge is -2.33. The highest BCUT2D eigenvalue weighted by atomic mass is 19.4. The number of hydrogen-bond acceptors (Lipinski definition) is 5. The van der Waals surface area contributed by atoms with E-state index in [0.29, 0.717) is 74.8 Å². The van der Waals surface area contributed by atoms with E-state index in [1.54, 1.807) is 24.3 Å². The maximum absolute atomic E-state index is 13.1. The molecule has 2 heterocycles. The molecule has 0 aliphatic carbocycles. The van der Waals surface area contributed by atoms with E-state index in [0.717, 1.165) is 12.8 Å². The Kier molecular flexibility index (Phi) is 9.16. The summed E-state index contributed by atoms with van der Waals surface area (Å²) in [5.41, 5.74) is -5.05. The quantitative estimate of drug-likeness (QED) is 0.389. The summed E-state index contributed by atoms with van der Waals surface area (Å²) in [6.45, 7) is 2.83. The van der Waals surface area contributed by atoms with Gasteiger partial charge in [-0.3, -0.25) is 4.90 Å². The number of nitrogens with one attached hydrogen (secondary N) is 2. The molecule has 2 aromatic rings. The molecule has 2 fully saturated rings. The zero-order valence-corrected chi connectivity index (χ0v) is 21.5. The van der Waals surface area contributed by atoms with E-state index in [1.807, 2.05) is 4.90 Å². The van der Waals surface area contributed by atoms with Crippen molar-refractivity contribution in [3.63, 3.8) is 0 Å². The summed E-state index contributed by atoms with van der Waals surface area (Å²) in [6, 6.07) is 10.5. The van der Waals surface area contributed by atoms with Crippen LogP contribution in [-0.4, -0.2) is 66.8 Å². The normalized spacial score (nSPS) is 18.4. The number of anilines is 1. The van der Waals surface area contributed by atoms with Gasteiger partial charge in [-0.2, -0.15) is 26.3 Å². The van der Waals surface area contributed by atoms with Crippen LogP contribution in [0.25, 0.3) is 0 Å². The summed E-state index contributed by atoms with van der Waals surface area (Å²) in [6.07, 6.45) is -8.99. The molecule has 2 saturated heterocycles. The highest BCUT2D eigenvalue weighted by Crippen LogP contribution is 2.50. The Balaban J connectivity index is 1.23. The van der Waals surface area contributed by atoms with Crippen LogP contribution in [0.2, 0.25) is 0 Å². The van der Waals surface area contributed by atoms with Crippen molar-refractivity contribution in [2.45, 2.75) is 62.3 Å². The minimum Gasteiger partial charge on any atom is -0.490 e. The number of alkyl halides is 6. The Morgan fingerprint density at radius 3 is 2.02 bits per heavy atom. The van der Waals surface area contributed by atoms with Gasteiger partial charge in [0.25, 0.3) is 5.60 Å². The monoisotopic (exact) mass is 575 g/mol. The average molecular weight is 576 g/mol. The van der Waals surface area contributed by atoms with E-state index in [9.17, 15) is 36.2 Å². The molecule has 0 aromatic heterocycles. The zero-order valence-electron chi connectivity index (χ0n) is 21.5. The third-order valence-electron chi connectivity index (χ3n) is 7.10. The lowest BCUT2D eigenvalue weighted by Crippen LogP contribution is -2.53. The number of nitrogens with zero attached hydrogens (tertiary/aromatic N) is 1. The number of urea groups is 1. The van der Waals surface area contributed by atoms with Crippen LogP contribution < -0.4 is 15.4 Å². The van der Waals surface area contributed by atoms with Crippen LogP contribution in [0.1, 0.15) is 36.8 Å². The molecule has 0 spiro atoms. The molecule has 0 bridgehead atoms. The van der Waals surface area contributed by atoms with Gasteiger partial charge in [0.1, 0.15) is 11.9 Å². The summed E-state index contributed by atoms with van der Waals surface area (Å²) in [4.78, 5) is 14.2. The summed E-state index contributed by atoms with van der Waals surface area (Å²) in [7, 11) is 0. The third-order valence-corrected chi connectivity index (χ3v) is 7.10. The number of rotatable bonds is 7. The number of aliphatic hydroxyl groups is 1. The van der Waals surface area contributed by atoms with Crippen LogP contribution in [0.3, 0.4) is 0 Å². The fourth-order valence-corrected chi connectivity index (χ4v) is 4.79. The first kappa shape index (κ1) is 29.9. The second-order valence-corrected chi connectivity index (χ2v) is 10.0. The Labute approximate surface area is 227 Å². The molecular formula is C27H31F6N3O4. The van der Waals surface area contributed by atoms with Crippen LogP contribution in [0, 0.1) is 0 Å². The second-order valence-electron chi connectivity index (χ2n) is 10.0. The van der Waals surface area contributed by atoms with Crippen molar-refractivity contribution in [1.82, 2.24) is 10.2 Å². The Hall–Kier alpha value is -3.03. The number of likely N-dealkylation sites (tertiary alicyclic amines) is 1. The topological polar surface area (TPSA) is 83.1 Å². The number of amides is 2. The second kappa shape index (κ2) is 12.2. The summed E-state index contributed by atoms with van der Waals surface area (Å²) in [5, 5.41) is 15.3. The maximum atomic E-state index is 13.1. The predicted octanol–water partition coefficient (Wildman–Crippen LogP) is 5.34. The molecular weight excluding hydrogens is 544 g/mol. The fourth-order valence-electron chi connectivity index (χ4n) is 4.79. The lowest BCUT2D eigenvalue weighted by molar-refractivity contribution is -0.376. The molecule has 0 radical (unpaired) electrons. The van der Waals surface area contributed by atoms with Gasteiger partial charge in [-0.05, 0) is 55.5 Å². The third kappa shape index (κ3) is 7.18. The molecule has 0 saturated carbocycles. The molecule has 7 nitrogen and oxygen atoms in total. The van der Waals surface area contributed by atoms with Gasteiger partial charge >= 0.3 is 18.4 Å². The van der Waals surface area contributed by atoms with E-state index in [4.69, 9.17) is 9.47 Å². The van der Waals surface area contributed by atoms with Gasteiger partial charge in [0.05, 0.1) is 0 Å². The van der Waals surface area contributed by atoms with Crippen molar-refractivity contribution in [2.75, 3.05) is 31.6 Å². The van der Waals surface area contributed by atoms with Gasteiger partial charge in [-0.25, -0.2) is 4.79 Å². The highest BCUT2D eigenvalue weighted by Gasteiger charge is 2.71. The number of ether oxygens (including phenoxy) is 2. The van der Waals surface area contributed by atoms with Crippen LogP contribution >= 0.6 is 0 Å². The Morgan fingerprint density at radius 2 is 1.48 bits per heavy atom. The SMILES string of the molecule is O=C(Nc1ccc(OC2CCN(Cc3ccc(C(O)(C(F)(F)F)C(F)(F)F)cc3)CC2)cc1)NC1CCOCC1. The molecule has 40 heavy (non-hydrogen) atoms. The molecule has 2 aliphatic rings. The molecule has 4 rings (SSSR count). The van der Waals surface area contributed by atoms with Crippen LogP contribution in [0.5, 0.6) is 5.75 Å². The van der Waals surface area contributed by atoms with E-state index in [-0.39, 0.29) is 18.2 Å². The minimum absolute atomic E-state index is 0.0668. The Bertz CT molecular complexity index is 1100. The summed E-state index contributed by atoms with van der Waals surface area (Å²) < 4.78 is 89.9. The van der Waals surface area contributed by atoms with E-state index in [1.165, 1.54) is 12.1 Å². The molecule has 3 N–H and O–H groups in total. The number of carbonyl (C=O) groups is 1. The van der Waals surface area contributed by atoms with Gasteiger partial charge in [0.15, 0.2) is 0 Å². The van der Waals surface area contributed by atoms with Gasteiger partial charge in [0.2, 0.25) is 0 Å². The predicted molar refractivity (Wildman–Crippen MR) is 134 cm³/mol.